The van der Waals surface area contributed by atoms with Crippen molar-refractivity contribution in [2.45, 2.75) is 26.3 Å². The number of aromatic nitrogens is 1. The largest absolute Gasteiger partial charge is 0.347 e. The molecule has 0 aliphatic rings. The van der Waals surface area contributed by atoms with Gasteiger partial charge in [-0.05, 0) is 6.42 Å². The van der Waals surface area contributed by atoms with Crippen molar-refractivity contribution in [2.75, 3.05) is 5.88 Å². The normalized spacial score (nSPS) is 14.6. The molecule has 1 aromatic rings. The number of hydrogen-bond donors (Lipinski definition) is 1. The Balaban J connectivity index is 2.58. The molecule has 0 saturated heterocycles. The van der Waals surface area contributed by atoms with Crippen molar-refractivity contribution in [1.82, 2.24) is 10.3 Å². The Morgan fingerprint density at radius 2 is 2.47 bits per heavy atom. The van der Waals surface area contributed by atoms with Crippen molar-refractivity contribution < 1.29 is 4.79 Å². The van der Waals surface area contributed by atoms with E-state index >= 15 is 0 Å². The summed E-state index contributed by atoms with van der Waals surface area (Å²) in [5.74, 6) is 0.188. The molecule has 0 spiro atoms. The molecule has 1 rings (SSSR count). The molecule has 0 aromatic carbocycles. The molecule has 3 nitrogen and oxygen atoms in total. The molecule has 5 heteroatoms. The van der Waals surface area contributed by atoms with Gasteiger partial charge in [-0.1, -0.05) is 13.8 Å². The van der Waals surface area contributed by atoms with Crippen molar-refractivity contribution in [1.29, 1.82) is 0 Å². The van der Waals surface area contributed by atoms with Gasteiger partial charge in [-0.15, -0.1) is 22.9 Å². The van der Waals surface area contributed by atoms with Gasteiger partial charge in [0.15, 0.2) is 0 Å². The minimum absolute atomic E-state index is 0.00736. The van der Waals surface area contributed by atoms with Gasteiger partial charge in [-0.25, -0.2) is 4.98 Å². The average molecular weight is 247 g/mol. The SMILES string of the molecule is CCC(NC(=O)C(C)CCl)c1nccs1. The number of carbonyl (C=O) groups is 1. The number of nitrogens with zero attached hydrogens (tertiary/aromatic N) is 1. The number of amides is 1. The highest BCUT2D eigenvalue weighted by Gasteiger charge is 2.18. The van der Waals surface area contributed by atoms with E-state index in [-0.39, 0.29) is 17.9 Å². The van der Waals surface area contributed by atoms with Gasteiger partial charge in [-0.3, -0.25) is 4.79 Å². The van der Waals surface area contributed by atoms with Crippen LogP contribution in [0, 0.1) is 5.92 Å². The number of hydrogen-bond acceptors (Lipinski definition) is 3. The van der Waals surface area contributed by atoms with Crippen LogP contribution >= 0.6 is 22.9 Å². The zero-order valence-electron chi connectivity index (χ0n) is 8.87. The second kappa shape index (κ2) is 6.08. The van der Waals surface area contributed by atoms with E-state index in [2.05, 4.69) is 10.3 Å². The molecule has 1 heterocycles. The topological polar surface area (TPSA) is 42.0 Å². The number of carbonyl (C=O) groups excluding carboxylic acids is 1. The molecule has 0 fully saturated rings. The Morgan fingerprint density at radius 3 is 2.93 bits per heavy atom. The van der Waals surface area contributed by atoms with Gasteiger partial charge >= 0.3 is 0 Å². The van der Waals surface area contributed by atoms with Crippen molar-refractivity contribution in [3.05, 3.63) is 16.6 Å². The first-order valence-corrected chi connectivity index (χ1v) is 6.36. The number of rotatable bonds is 5. The summed E-state index contributed by atoms with van der Waals surface area (Å²) in [6.45, 7) is 3.84. The van der Waals surface area contributed by atoms with E-state index in [0.717, 1.165) is 11.4 Å². The maximum Gasteiger partial charge on any atom is 0.224 e. The van der Waals surface area contributed by atoms with Crippen LogP contribution in [0.5, 0.6) is 0 Å². The number of thiazole rings is 1. The minimum Gasteiger partial charge on any atom is -0.347 e. The van der Waals surface area contributed by atoms with Gasteiger partial charge in [0.1, 0.15) is 5.01 Å². The highest BCUT2D eigenvalue weighted by Crippen LogP contribution is 2.19. The van der Waals surface area contributed by atoms with Crippen LogP contribution in [0.15, 0.2) is 11.6 Å². The van der Waals surface area contributed by atoms with Gasteiger partial charge in [-0.2, -0.15) is 0 Å². The Kier molecular flexibility index (Phi) is 5.05. The van der Waals surface area contributed by atoms with Gasteiger partial charge in [0.25, 0.3) is 0 Å². The van der Waals surface area contributed by atoms with Crippen LogP contribution < -0.4 is 5.32 Å². The molecule has 1 aromatic heterocycles. The molecule has 2 atom stereocenters. The monoisotopic (exact) mass is 246 g/mol. The zero-order valence-corrected chi connectivity index (χ0v) is 10.4. The first-order chi connectivity index (χ1) is 7.19. The molecule has 15 heavy (non-hydrogen) atoms. The third-order valence-electron chi connectivity index (χ3n) is 2.15. The van der Waals surface area contributed by atoms with Crippen LogP contribution in [0.4, 0.5) is 0 Å². The van der Waals surface area contributed by atoms with Crippen LogP contribution in [-0.4, -0.2) is 16.8 Å². The standard InChI is InChI=1S/C10H15ClN2OS/c1-3-8(10-12-4-5-15-10)13-9(14)7(2)6-11/h4-5,7-8H,3,6H2,1-2H3,(H,13,14). The lowest BCUT2D eigenvalue weighted by Gasteiger charge is -2.16. The Bertz CT molecular complexity index is 302. The fourth-order valence-corrected chi connectivity index (χ4v) is 2.04. The average Bonchev–Trinajstić information content (AvgIpc) is 2.77. The zero-order chi connectivity index (χ0) is 11.3. The molecule has 2 unspecified atom stereocenters. The van der Waals surface area contributed by atoms with Crippen LogP contribution in [0.2, 0.25) is 0 Å². The van der Waals surface area contributed by atoms with Crippen LogP contribution in [0.1, 0.15) is 31.3 Å². The maximum atomic E-state index is 11.6. The first-order valence-electron chi connectivity index (χ1n) is 4.94. The summed E-state index contributed by atoms with van der Waals surface area (Å²) in [6, 6.07) is 0.0168. The fourth-order valence-electron chi connectivity index (χ4n) is 1.13. The fraction of sp³-hybridized carbons (Fsp3) is 0.600. The predicted octanol–water partition coefficient (Wildman–Crippen LogP) is 2.59. The van der Waals surface area contributed by atoms with Crippen LogP contribution in [0.3, 0.4) is 0 Å². The third kappa shape index (κ3) is 3.47. The van der Waals surface area contributed by atoms with E-state index in [1.807, 2.05) is 19.2 Å². The van der Waals surface area contributed by atoms with Gasteiger partial charge in [0.05, 0.1) is 6.04 Å². The molecule has 0 saturated carbocycles. The van der Waals surface area contributed by atoms with E-state index in [1.54, 1.807) is 17.5 Å². The summed E-state index contributed by atoms with van der Waals surface area (Å²) in [5, 5.41) is 5.81. The number of alkyl halides is 1. The Hall–Kier alpha value is -0.610. The molecular weight excluding hydrogens is 232 g/mol. The summed E-state index contributed by atoms with van der Waals surface area (Å²) >= 11 is 7.18. The molecular formula is C10H15ClN2OS. The number of halogens is 1. The lowest BCUT2D eigenvalue weighted by molar-refractivity contribution is -0.124. The summed E-state index contributed by atoms with van der Waals surface area (Å²) < 4.78 is 0. The molecule has 1 amide bonds. The first kappa shape index (κ1) is 12.5. The van der Waals surface area contributed by atoms with E-state index in [0.29, 0.717) is 5.88 Å². The van der Waals surface area contributed by atoms with Crippen molar-refractivity contribution in [3.8, 4) is 0 Å². The maximum absolute atomic E-state index is 11.6. The lowest BCUT2D eigenvalue weighted by atomic mass is 10.1. The molecule has 0 bridgehead atoms. The molecule has 0 radical (unpaired) electrons. The third-order valence-corrected chi connectivity index (χ3v) is 3.51. The van der Waals surface area contributed by atoms with E-state index in [4.69, 9.17) is 11.6 Å². The van der Waals surface area contributed by atoms with Crippen LogP contribution in [-0.2, 0) is 4.79 Å². The van der Waals surface area contributed by atoms with Crippen molar-refractivity contribution >= 4 is 28.8 Å². The van der Waals surface area contributed by atoms with E-state index < -0.39 is 0 Å². The minimum atomic E-state index is -0.152. The second-order valence-corrected chi connectivity index (χ2v) is 4.63. The van der Waals surface area contributed by atoms with E-state index in [1.165, 1.54) is 0 Å². The number of nitrogens with one attached hydrogen (secondary N) is 1. The second-order valence-electron chi connectivity index (χ2n) is 3.40. The van der Waals surface area contributed by atoms with E-state index in [9.17, 15) is 4.79 Å². The van der Waals surface area contributed by atoms with Gasteiger partial charge < -0.3 is 5.32 Å². The molecule has 1 N–H and O–H groups in total. The van der Waals surface area contributed by atoms with Crippen molar-refractivity contribution in [3.63, 3.8) is 0 Å². The van der Waals surface area contributed by atoms with Gasteiger partial charge in [0.2, 0.25) is 5.91 Å². The highest BCUT2D eigenvalue weighted by atomic mass is 35.5. The summed E-state index contributed by atoms with van der Waals surface area (Å²) in [5.41, 5.74) is 0. The summed E-state index contributed by atoms with van der Waals surface area (Å²) in [6.07, 6.45) is 2.59. The molecule has 84 valence electrons. The quantitative estimate of drug-likeness (QED) is 0.812. The summed E-state index contributed by atoms with van der Waals surface area (Å²) in [4.78, 5) is 15.8. The van der Waals surface area contributed by atoms with Gasteiger partial charge in [0, 0.05) is 23.4 Å². The smallest absolute Gasteiger partial charge is 0.224 e. The Labute approximate surface area is 98.9 Å². The predicted molar refractivity (Wildman–Crippen MR) is 63.2 cm³/mol. The highest BCUT2D eigenvalue weighted by molar-refractivity contribution is 7.09. The summed E-state index contributed by atoms with van der Waals surface area (Å²) in [7, 11) is 0. The Morgan fingerprint density at radius 1 is 1.73 bits per heavy atom. The van der Waals surface area contributed by atoms with Crippen LogP contribution in [0.25, 0.3) is 0 Å². The van der Waals surface area contributed by atoms with Crippen molar-refractivity contribution in [2.24, 2.45) is 5.92 Å². The molecule has 0 aliphatic heterocycles. The molecule has 0 aliphatic carbocycles. The lowest BCUT2D eigenvalue weighted by Crippen LogP contribution is -2.33.